The Morgan fingerprint density at radius 2 is 1.88 bits per heavy atom. The van der Waals surface area contributed by atoms with Gasteiger partial charge in [0.25, 0.3) is 0 Å². The fourth-order valence-corrected chi connectivity index (χ4v) is 7.17. The summed E-state index contributed by atoms with van der Waals surface area (Å²) in [5, 5.41) is 3.71. The van der Waals surface area contributed by atoms with Crippen LogP contribution < -0.4 is 10.2 Å². The largest absolute Gasteiger partial charge is 0.370 e. The van der Waals surface area contributed by atoms with E-state index < -0.39 is 10.9 Å². The van der Waals surface area contributed by atoms with Crippen LogP contribution in [0.25, 0.3) is 0 Å². The molecule has 0 unspecified atom stereocenters. The van der Waals surface area contributed by atoms with E-state index >= 15 is 0 Å². The molecule has 3 aliphatic heterocycles. The van der Waals surface area contributed by atoms with E-state index in [2.05, 4.69) is 26.1 Å². The van der Waals surface area contributed by atoms with Gasteiger partial charge in [0.2, 0.25) is 11.8 Å². The van der Waals surface area contributed by atoms with E-state index in [0.717, 1.165) is 53.8 Å². The van der Waals surface area contributed by atoms with Crippen molar-refractivity contribution in [2.45, 2.75) is 43.0 Å². The zero-order valence-corrected chi connectivity index (χ0v) is 20.8. The van der Waals surface area contributed by atoms with E-state index in [1.54, 1.807) is 11.8 Å². The van der Waals surface area contributed by atoms with Crippen LogP contribution in [0.4, 0.5) is 11.4 Å². The average Bonchev–Trinajstić information content (AvgIpc) is 3.34. The minimum absolute atomic E-state index is 0.0421. The molecule has 168 valence electrons. The second kappa shape index (κ2) is 8.92. The van der Waals surface area contributed by atoms with Gasteiger partial charge >= 0.3 is 0 Å². The maximum atomic E-state index is 13.5. The van der Waals surface area contributed by atoms with Crippen LogP contribution in [0.3, 0.4) is 0 Å². The molecule has 1 N–H and O–H groups in total. The number of carbonyl (C=O) groups excluding carboxylic acids is 2. The van der Waals surface area contributed by atoms with Crippen molar-refractivity contribution in [2.75, 3.05) is 29.1 Å². The highest BCUT2D eigenvalue weighted by molar-refractivity contribution is 9.10. The summed E-state index contributed by atoms with van der Waals surface area (Å²) in [7, 11) is 0. The molecule has 2 aromatic rings. The lowest BCUT2D eigenvalue weighted by Crippen LogP contribution is -2.48. The maximum Gasteiger partial charge on any atom is 0.248 e. The number of nitrogens with zero attached hydrogens (tertiary/aromatic N) is 2. The summed E-state index contributed by atoms with van der Waals surface area (Å²) < 4.78 is 0.997. The normalized spacial score (nSPS) is 25.2. The zero-order valence-electron chi connectivity index (χ0n) is 17.7. The number of carbonyl (C=O) groups is 2. The molecule has 32 heavy (non-hydrogen) atoms. The smallest absolute Gasteiger partial charge is 0.248 e. The highest BCUT2D eigenvalue weighted by Crippen LogP contribution is 2.54. The fourth-order valence-electron chi connectivity index (χ4n) is 5.08. The molecule has 2 aromatic carbocycles. The molecule has 2 amide bonds. The summed E-state index contributed by atoms with van der Waals surface area (Å²) in [6.45, 7) is 1.95. The van der Waals surface area contributed by atoms with Crippen molar-refractivity contribution < 1.29 is 9.59 Å². The molecule has 8 heteroatoms. The highest BCUT2D eigenvalue weighted by Gasteiger charge is 2.56. The molecule has 5 rings (SSSR count). The second-order valence-electron chi connectivity index (χ2n) is 8.58. The highest BCUT2D eigenvalue weighted by atomic mass is 79.9. The lowest BCUT2D eigenvalue weighted by atomic mass is 10.0. The van der Waals surface area contributed by atoms with Crippen LogP contribution in [0.15, 0.2) is 46.9 Å². The number of anilines is 2. The number of thioether (sulfide) groups is 1. The van der Waals surface area contributed by atoms with Crippen molar-refractivity contribution in [3.63, 3.8) is 0 Å². The molecule has 0 spiro atoms. The van der Waals surface area contributed by atoms with E-state index in [0.29, 0.717) is 17.2 Å². The number of halogens is 2. The van der Waals surface area contributed by atoms with Crippen LogP contribution in [-0.2, 0) is 14.5 Å². The summed E-state index contributed by atoms with van der Waals surface area (Å²) >= 11 is 11.5. The number of amides is 2. The summed E-state index contributed by atoms with van der Waals surface area (Å²) in [4.78, 5) is 30.1. The predicted octanol–water partition coefficient (Wildman–Crippen LogP) is 5.62. The van der Waals surface area contributed by atoms with Crippen molar-refractivity contribution in [3.8, 4) is 0 Å². The SMILES string of the molecule is O=C(Nc1cc(Cl)ccc1N1CCCCC1)[C@H]1CS[C@]2(c3ccc(Br)cc3)CCC(=O)N12. The fraction of sp³-hybridized carbons (Fsp3) is 0.417. The quantitative estimate of drug-likeness (QED) is 0.553. The van der Waals surface area contributed by atoms with E-state index in [1.807, 2.05) is 47.4 Å². The molecular formula is C24H25BrClN3O2S. The Hall–Kier alpha value is -1.70. The Morgan fingerprint density at radius 3 is 2.62 bits per heavy atom. The molecule has 3 aliphatic rings. The van der Waals surface area contributed by atoms with Crippen LogP contribution in [0, 0.1) is 0 Å². The first-order valence-electron chi connectivity index (χ1n) is 11.1. The van der Waals surface area contributed by atoms with Gasteiger partial charge in [0.05, 0.1) is 11.4 Å². The van der Waals surface area contributed by atoms with Crippen molar-refractivity contribution in [1.82, 2.24) is 4.90 Å². The molecule has 0 saturated carbocycles. The van der Waals surface area contributed by atoms with Crippen molar-refractivity contribution >= 4 is 62.5 Å². The minimum Gasteiger partial charge on any atom is -0.370 e. The lowest BCUT2D eigenvalue weighted by Gasteiger charge is -2.34. The molecule has 3 saturated heterocycles. The van der Waals surface area contributed by atoms with Gasteiger partial charge in [0.1, 0.15) is 10.9 Å². The zero-order chi connectivity index (χ0) is 22.3. The summed E-state index contributed by atoms with van der Waals surface area (Å²) in [5.41, 5.74) is 2.80. The first-order valence-corrected chi connectivity index (χ1v) is 13.2. The molecule has 0 aromatic heterocycles. The van der Waals surface area contributed by atoms with Gasteiger partial charge in [-0.05, 0) is 61.6 Å². The lowest BCUT2D eigenvalue weighted by molar-refractivity contribution is -0.136. The molecule has 3 fully saturated rings. The third kappa shape index (κ3) is 3.93. The van der Waals surface area contributed by atoms with Gasteiger partial charge in [-0.1, -0.05) is 39.7 Å². The van der Waals surface area contributed by atoms with Gasteiger partial charge in [-0.15, -0.1) is 11.8 Å². The Kier molecular flexibility index (Phi) is 6.16. The third-order valence-electron chi connectivity index (χ3n) is 6.64. The van der Waals surface area contributed by atoms with E-state index in [4.69, 9.17) is 11.6 Å². The second-order valence-corrected chi connectivity index (χ2v) is 11.2. The van der Waals surface area contributed by atoms with Gasteiger partial charge < -0.3 is 15.1 Å². The summed E-state index contributed by atoms with van der Waals surface area (Å²) in [6, 6.07) is 13.3. The first-order chi connectivity index (χ1) is 15.5. The van der Waals surface area contributed by atoms with Gasteiger partial charge in [0, 0.05) is 34.8 Å². The van der Waals surface area contributed by atoms with Crippen LogP contribution >= 0.6 is 39.3 Å². The molecule has 0 aliphatic carbocycles. The molecule has 0 bridgehead atoms. The number of piperidine rings is 1. The van der Waals surface area contributed by atoms with Crippen LogP contribution in [-0.4, -0.2) is 41.6 Å². The predicted molar refractivity (Wildman–Crippen MR) is 134 cm³/mol. The topological polar surface area (TPSA) is 52.7 Å². The van der Waals surface area contributed by atoms with E-state index in [1.165, 1.54) is 6.42 Å². The molecule has 3 heterocycles. The molecule has 2 atom stereocenters. The standard InChI is InChI=1S/C24H25BrClN3O2S/c25-17-6-4-16(5-7-17)24-11-10-22(30)29(24)21(15-32-24)23(31)27-19-14-18(26)8-9-20(19)28-12-2-1-3-13-28/h4-9,14,21H,1-3,10-13,15H2,(H,27,31)/t21-,24+/m1/s1. The van der Waals surface area contributed by atoms with Crippen molar-refractivity contribution in [1.29, 1.82) is 0 Å². The Balaban J connectivity index is 1.42. The molecule has 5 nitrogen and oxygen atoms in total. The van der Waals surface area contributed by atoms with E-state index in [-0.39, 0.29) is 11.8 Å². The van der Waals surface area contributed by atoms with Gasteiger partial charge in [0.15, 0.2) is 0 Å². The summed E-state index contributed by atoms with van der Waals surface area (Å²) in [5.74, 6) is 0.473. The monoisotopic (exact) mass is 533 g/mol. The van der Waals surface area contributed by atoms with Gasteiger partial charge in [-0.2, -0.15) is 0 Å². The van der Waals surface area contributed by atoms with Crippen LogP contribution in [0.2, 0.25) is 5.02 Å². The Bertz CT molecular complexity index is 1040. The number of nitrogens with one attached hydrogen (secondary N) is 1. The molecule has 0 radical (unpaired) electrons. The third-order valence-corrected chi connectivity index (χ3v) is 9.00. The summed E-state index contributed by atoms with van der Waals surface area (Å²) in [6.07, 6.45) is 4.71. The number of rotatable bonds is 4. The number of benzene rings is 2. The minimum atomic E-state index is -0.508. The van der Waals surface area contributed by atoms with Crippen LogP contribution in [0.5, 0.6) is 0 Å². The average molecular weight is 535 g/mol. The number of hydrogen-bond acceptors (Lipinski definition) is 4. The maximum absolute atomic E-state index is 13.5. The van der Waals surface area contributed by atoms with Gasteiger partial charge in [-0.3, -0.25) is 9.59 Å². The van der Waals surface area contributed by atoms with Crippen LogP contribution in [0.1, 0.15) is 37.7 Å². The number of fused-ring (bicyclic) bond motifs is 1. The molecular weight excluding hydrogens is 510 g/mol. The first kappa shape index (κ1) is 22.1. The Labute approximate surface area is 206 Å². The van der Waals surface area contributed by atoms with E-state index in [9.17, 15) is 9.59 Å². The van der Waals surface area contributed by atoms with Crippen molar-refractivity contribution in [2.24, 2.45) is 0 Å². The van der Waals surface area contributed by atoms with Gasteiger partial charge in [-0.25, -0.2) is 0 Å². The Morgan fingerprint density at radius 1 is 1.12 bits per heavy atom. The van der Waals surface area contributed by atoms with Crippen molar-refractivity contribution in [3.05, 3.63) is 57.5 Å². The number of hydrogen-bond donors (Lipinski definition) is 1.